The Balaban J connectivity index is 2.92. The Bertz CT molecular complexity index is 437. The summed E-state index contributed by atoms with van der Waals surface area (Å²) in [5.74, 6) is 0.990. The third kappa shape index (κ3) is 3.83. The van der Waals surface area contributed by atoms with Gasteiger partial charge in [0.2, 0.25) is 0 Å². The first kappa shape index (κ1) is 15.7. The zero-order chi connectivity index (χ0) is 14.1. The van der Waals surface area contributed by atoms with Crippen LogP contribution in [0.2, 0.25) is 5.02 Å². The van der Waals surface area contributed by atoms with Gasteiger partial charge in [0.25, 0.3) is 0 Å². The largest absolute Gasteiger partial charge is 0.259 e. The number of hydrogen-bond acceptors (Lipinski definition) is 1. The van der Waals surface area contributed by atoms with Crippen molar-refractivity contribution in [2.75, 3.05) is 5.75 Å². The van der Waals surface area contributed by atoms with E-state index in [2.05, 4.69) is 19.1 Å². The number of aryl methyl sites for hydroxylation is 2. The van der Waals surface area contributed by atoms with Crippen LogP contribution in [0.15, 0.2) is 12.1 Å². The predicted molar refractivity (Wildman–Crippen MR) is 82.1 cm³/mol. The SMILES string of the molecule is Cc1cc([C@@H](C)C[S@@](=O)C(C)(C)C)cc(C)c1Cl. The monoisotopic (exact) mass is 286 g/mol. The van der Waals surface area contributed by atoms with Gasteiger partial charge in [-0.2, -0.15) is 0 Å². The molecule has 0 saturated heterocycles. The van der Waals surface area contributed by atoms with Crippen LogP contribution in [0.1, 0.15) is 50.3 Å². The molecular formula is C15H23ClOS. The summed E-state index contributed by atoms with van der Waals surface area (Å²) < 4.78 is 12.0. The molecule has 1 aromatic carbocycles. The Morgan fingerprint density at radius 3 is 2.06 bits per heavy atom. The van der Waals surface area contributed by atoms with E-state index >= 15 is 0 Å². The summed E-state index contributed by atoms with van der Waals surface area (Å²) >= 11 is 6.17. The minimum absolute atomic E-state index is 0.148. The average molecular weight is 287 g/mol. The molecule has 0 amide bonds. The Morgan fingerprint density at radius 2 is 1.67 bits per heavy atom. The molecule has 3 heteroatoms. The number of benzene rings is 1. The maximum Gasteiger partial charge on any atom is 0.0464 e. The van der Waals surface area contributed by atoms with Gasteiger partial charge in [-0.3, -0.25) is 4.21 Å². The van der Waals surface area contributed by atoms with Crippen LogP contribution in [0.5, 0.6) is 0 Å². The van der Waals surface area contributed by atoms with Crippen LogP contribution in [0.25, 0.3) is 0 Å². The smallest absolute Gasteiger partial charge is 0.0464 e. The lowest BCUT2D eigenvalue weighted by Crippen LogP contribution is -2.26. The second-order valence-electron chi connectivity index (χ2n) is 5.99. The predicted octanol–water partition coefficient (Wildman–Crippen LogP) is 4.61. The summed E-state index contributed by atoms with van der Waals surface area (Å²) in [7, 11) is -0.819. The van der Waals surface area contributed by atoms with Crippen molar-refractivity contribution in [1.82, 2.24) is 0 Å². The van der Waals surface area contributed by atoms with Gasteiger partial charge in [-0.15, -0.1) is 0 Å². The summed E-state index contributed by atoms with van der Waals surface area (Å²) in [6.45, 7) is 12.2. The number of hydrogen-bond donors (Lipinski definition) is 0. The van der Waals surface area contributed by atoms with Crippen molar-refractivity contribution in [3.63, 3.8) is 0 Å². The third-order valence-electron chi connectivity index (χ3n) is 3.11. The fourth-order valence-electron chi connectivity index (χ4n) is 1.84. The lowest BCUT2D eigenvalue weighted by Gasteiger charge is -2.21. The van der Waals surface area contributed by atoms with Crippen molar-refractivity contribution in [3.8, 4) is 0 Å². The van der Waals surface area contributed by atoms with Crippen LogP contribution in [0.4, 0.5) is 0 Å². The van der Waals surface area contributed by atoms with Gasteiger partial charge < -0.3 is 0 Å². The summed E-state index contributed by atoms with van der Waals surface area (Å²) in [5, 5.41) is 0.836. The minimum Gasteiger partial charge on any atom is -0.259 e. The number of halogens is 1. The van der Waals surface area contributed by atoms with Crippen molar-refractivity contribution < 1.29 is 4.21 Å². The van der Waals surface area contributed by atoms with Crippen LogP contribution in [-0.2, 0) is 10.8 Å². The molecule has 0 aliphatic rings. The molecule has 0 aliphatic heterocycles. The average Bonchev–Trinajstić information content (AvgIpc) is 2.23. The van der Waals surface area contributed by atoms with Gasteiger partial charge in [0.15, 0.2) is 0 Å². The van der Waals surface area contributed by atoms with E-state index in [1.807, 2.05) is 34.6 Å². The van der Waals surface area contributed by atoms with Crippen molar-refractivity contribution in [2.45, 2.75) is 52.2 Å². The topological polar surface area (TPSA) is 17.1 Å². The fraction of sp³-hybridized carbons (Fsp3) is 0.600. The Hall–Kier alpha value is -0.340. The zero-order valence-corrected chi connectivity index (χ0v) is 13.7. The van der Waals surface area contributed by atoms with Gasteiger partial charge in [0, 0.05) is 26.3 Å². The molecular weight excluding hydrogens is 264 g/mol. The van der Waals surface area contributed by atoms with E-state index in [4.69, 9.17) is 11.6 Å². The van der Waals surface area contributed by atoms with Crippen LogP contribution in [0, 0.1) is 13.8 Å². The molecule has 2 atom stereocenters. The molecule has 0 saturated carbocycles. The molecule has 1 aromatic rings. The van der Waals surface area contributed by atoms with Gasteiger partial charge in [-0.05, 0) is 57.2 Å². The van der Waals surface area contributed by atoms with Gasteiger partial charge in [-0.25, -0.2) is 0 Å². The highest BCUT2D eigenvalue weighted by Gasteiger charge is 2.22. The maximum absolute atomic E-state index is 12.2. The van der Waals surface area contributed by atoms with Crippen molar-refractivity contribution in [2.24, 2.45) is 0 Å². The molecule has 1 nitrogen and oxygen atoms in total. The maximum atomic E-state index is 12.2. The number of rotatable bonds is 3. The zero-order valence-electron chi connectivity index (χ0n) is 12.1. The normalized spacial score (nSPS) is 15.5. The first-order valence-electron chi connectivity index (χ1n) is 6.28. The summed E-state index contributed by atoms with van der Waals surface area (Å²) in [6, 6.07) is 4.22. The highest BCUT2D eigenvalue weighted by Crippen LogP contribution is 2.27. The van der Waals surface area contributed by atoms with Gasteiger partial charge in [0.05, 0.1) is 0 Å². The minimum atomic E-state index is -0.819. The molecule has 0 radical (unpaired) electrons. The Labute approximate surface area is 118 Å². The molecule has 0 aromatic heterocycles. The molecule has 0 spiro atoms. The van der Waals surface area contributed by atoms with Gasteiger partial charge in [0.1, 0.15) is 0 Å². The molecule has 0 aliphatic carbocycles. The van der Waals surface area contributed by atoms with Crippen molar-refractivity contribution in [1.29, 1.82) is 0 Å². The van der Waals surface area contributed by atoms with E-state index in [0.717, 1.165) is 16.1 Å². The Morgan fingerprint density at radius 1 is 1.22 bits per heavy atom. The molecule has 1 rings (SSSR count). The molecule has 0 bridgehead atoms. The summed E-state index contributed by atoms with van der Waals surface area (Å²) in [5.41, 5.74) is 3.42. The van der Waals surface area contributed by atoms with Crippen molar-refractivity contribution >= 4 is 22.4 Å². The third-order valence-corrected chi connectivity index (χ3v) is 5.88. The van der Waals surface area contributed by atoms with E-state index < -0.39 is 10.8 Å². The first-order chi connectivity index (χ1) is 8.12. The fourth-order valence-corrected chi connectivity index (χ4v) is 3.09. The van der Waals surface area contributed by atoms with E-state index in [9.17, 15) is 4.21 Å². The molecule has 0 fully saturated rings. The van der Waals surface area contributed by atoms with E-state index in [-0.39, 0.29) is 4.75 Å². The van der Waals surface area contributed by atoms with E-state index in [0.29, 0.717) is 11.7 Å². The van der Waals surface area contributed by atoms with E-state index in [1.54, 1.807) is 0 Å². The van der Waals surface area contributed by atoms with E-state index in [1.165, 1.54) is 5.56 Å². The quantitative estimate of drug-likeness (QED) is 0.793. The molecule has 18 heavy (non-hydrogen) atoms. The summed E-state index contributed by atoms with van der Waals surface area (Å²) in [6.07, 6.45) is 0. The lowest BCUT2D eigenvalue weighted by atomic mass is 9.98. The van der Waals surface area contributed by atoms with Gasteiger partial charge in [-0.1, -0.05) is 30.7 Å². The Kier molecular flexibility index (Phi) is 5.02. The highest BCUT2D eigenvalue weighted by atomic mass is 35.5. The lowest BCUT2D eigenvalue weighted by molar-refractivity contribution is 0.642. The molecule has 0 heterocycles. The molecule has 102 valence electrons. The van der Waals surface area contributed by atoms with Crippen LogP contribution >= 0.6 is 11.6 Å². The molecule has 0 unspecified atom stereocenters. The van der Waals surface area contributed by atoms with Crippen molar-refractivity contribution in [3.05, 3.63) is 33.8 Å². The molecule has 0 N–H and O–H groups in total. The summed E-state index contributed by atoms with van der Waals surface area (Å²) in [4.78, 5) is 0. The van der Waals surface area contributed by atoms with Crippen LogP contribution < -0.4 is 0 Å². The van der Waals surface area contributed by atoms with Crippen LogP contribution in [-0.4, -0.2) is 14.7 Å². The second kappa shape index (κ2) is 5.75. The standard InChI is InChI=1S/C15H23ClOS/c1-10-7-13(8-11(2)14(10)16)12(3)9-18(17)15(4,5)6/h7-8,12H,9H2,1-6H3/t12-,18+/m0/s1. The first-order valence-corrected chi connectivity index (χ1v) is 7.97. The van der Waals surface area contributed by atoms with Gasteiger partial charge >= 0.3 is 0 Å². The second-order valence-corrected chi connectivity index (χ2v) is 8.62. The highest BCUT2D eigenvalue weighted by molar-refractivity contribution is 7.86. The van der Waals surface area contributed by atoms with Crippen LogP contribution in [0.3, 0.4) is 0 Å².